The molecule has 0 bridgehead atoms. The van der Waals surface area contributed by atoms with Gasteiger partial charge in [0, 0.05) is 56.9 Å². The van der Waals surface area contributed by atoms with E-state index in [2.05, 4.69) is 80.3 Å². The van der Waals surface area contributed by atoms with Crippen molar-refractivity contribution in [3.05, 3.63) is 78.0 Å². The third kappa shape index (κ3) is 5.45. The Morgan fingerprint density at radius 1 is 0.710 bits per heavy atom. The summed E-state index contributed by atoms with van der Waals surface area (Å²) in [4.78, 5) is 12.5. The Hall–Kier alpha value is -1.98. The lowest BCUT2D eigenvalue weighted by atomic mass is 10.0. The number of benzene rings is 2. The highest BCUT2D eigenvalue weighted by atomic mass is 35.5. The molecule has 5 heteroatoms. The van der Waals surface area contributed by atoms with Gasteiger partial charge in [0.05, 0.1) is 5.52 Å². The highest BCUT2D eigenvalue weighted by molar-refractivity contribution is 5.85. The molecule has 0 radical (unpaired) electrons. The number of para-hydroxylation sites is 1. The summed E-state index contributed by atoms with van der Waals surface area (Å²) in [5.41, 5.74) is 3.95. The molecule has 2 saturated heterocycles. The van der Waals surface area contributed by atoms with E-state index in [1.54, 1.807) is 0 Å². The van der Waals surface area contributed by atoms with Crippen molar-refractivity contribution in [2.45, 2.75) is 32.0 Å². The average molecular weight is 437 g/mol. The van der Waals surface area contributed by atoms with Gasteiger partial charge in [0.2, 0.25) is 0 Å². The maximum absolute atomic E-state index is 4.51. The quantitative estimate of drug-likeness (QED) is 0.589. The summed E-state index contributed by atoms with van der Waals surface area (Å²) in [7, 11) is 0. The maximum Gasteiger partial charge on any atom is 0.0705 e. The number of halogens is 1. The van der Waals surface area contributed by atoms with Crippen LogP contribution in [0.1, 0.15) is 24.0 Å². The molecular formula is C26H33ClN4. The highest BCUT2D eigenvalue weighted by Crippen LogP contribution is 2.22. The molecule has 3 heterocycles. The van der Waals surface area contributed by atoms with Crippen molar-refractivity contribution < 1.29 is 0 Å². The number of aromatic nitrogens is 1. The molecule has 0 atom stereocenters. The Labute approximate surface area is 192 Å². The standard InChI is InChI=1S/C26H32N4.ClH/c1-2-6-22(7-3-1)20-28-14-11-24(12-15-28)30-18-16-29(17-19-30)21-23-10-13-27-26-9-5-4-8-25(23)26;/h1-10,13,24H,11-12,14-21H2;1H. The summed E-state index contributed by atoms with van der Waals surface area (Å²) < 4.78 is 0. The molecule has 0 N–H and O–H groups in total. The third-order valence-corrected chi connectivity index (χ3v) is 6.86. The molecule has 4 nitrogen and oxygen atoms in total. The van der Waals surface area contributed by atoms with E-state index in [4.69, 9.17) is 0 Å². The zero-order chi connectivity index (χ0) is 20.2. The first-order chi connectivity index (χ1) is 14.8. The maximum atomic E-state index is 4.51. The molecule has 1 aromatic heterocycles. The van der Waals surface area contributed by atoms with Gasteiger partial charge in [-0.05, 0) is 49.2 Å². The van der Waals surface area contributed by atoms with E-state index in [1.165, 1.54) is 68.6 Å². The summed E-state index contributed by atoms with van der Waals surface area (Å²) in [6.45, 7) is 9.32. The molecule has 0 amide bonds. The fraction of sp³-hybridized carbons (Fsp3) is 0.423. The lowest BCUT2D eigenvalue weighted by Crippen LogP contribution is -2.52. The Kier molecular flexibility index (Phi) is 7.57. The molecule has 0 aliphatic carbocycles. The largest absolute Gasteiger partial charge is 0.299 e. The second kappa shape index (κ2) is 10.6. The van der Waals surface area contributed by atoms with Crippen LogP contribution in [0.4, 0.5) is 0 Å². The van der Waals surface area contributed by atoms with Crippen molar-refractivity contribution in [1.82, 2.24) is 19.7 Å². The van der Waals surface area contributed by atoms with Gasteiger partial charge in [-0.25, -0.2) is 0 Å². The predicted octanol–water partition coefficient (Wildman–Crippen LogP) is 4.44. The number of piperazine rings is 1. The van der Waals surface area contributed by atoms with Crippen LogP contribution in [-0.2, 0) is 13.1 Å². The van der Waals surface area contributed by atoms with Crippen molar-refractivity contribution in [2.24, 2.45) is 0 Å². The number of pyridine rings is 1. The summed E-state index contributed by atoms with van der Waals surface area (Å²) in [6, 6.07) is 22.4. The van der Waals surface area contributed by atoms with Gasteiger partial charge in [-0.1, -0.05) is 48.5 Å². The Morgan fingerprint density at radius 2 is 1.39 bits per heavy atom. The lowest BCUT2D eigenvalue weighted by molar-refractivity contribution is 0.0551. The fourth-order valence-corrected chi connectivity index (χ4v) is 5.10. The number of hydrogen-bond donors (Lipinski definition) is 0. The molecule has 164 valence electrons. The van der Waals surface area contributed by atoms with Crippen LogP contribution in [-0.4, -0.2) is 65.0 Å². The van der Waals surface area contributed by atoms with E-state index >= 15 is 0 Å². The molecule has 0 unspecified atom stereocenters. The van der Waals surface area contributed by atoms with Gasteiger partial charge in [-0.2, -0.15) is 0 Å². The number of nitrogens with zero attached hydrogens (tertiary/aromatic N) is 4. The average Bonchev–Trinajstić information content (AvgIpc) is 2.81. The first kappa shape index (κ1) is 22.2. The second-order valence-corrected chi connectivity index (χ2v) is 8.79. The first-order valence-corrected chi connectivity index (χ1v) is 11.4. The number of hydrogen-bond acceptors (Lipinski definition) is 4. The molecule has 2 aliphatic rings. The zero-order valence-electron chi connectivity index (χ0n) is 18.2. The monoisotopic (exact) mass is 436 g/mol. The molecule has 0 saturated carbocycles. The summed E-state index contributed by atoms with van der Waals surface area (Å²) >= 11 is 0. The molecule has 0 spiro atoms. The van der Waals surface area contributed by atoms with Gasteiger partial charge in [0.1, 0.15) is 0 Å². The number of piperidine rings is 1. The van der Waals surface area contributed by atoms with E-state index in [0.717, 1.165) is 24.6 Å². The smallest absolute Gasteiger partial charge is 0.0705 e. The first-order valence-electron chi connectivity index (χ1n) is 11.4. The van der Waals surface area contributed by atoms with Crippen LogP contribution < -0.4 is 0 Å². The van der Waals surface area contributed by atoms with E-state index in [9.17, 15) is 0 Å². The van der Waals surface area contributed by atoms with Crippen LogP contribution in [0.3, 0.4) is 0 Å². The van der Waals surface area contributed by atoms with Gasteiger partial charge in [0.25, 0.3) is 0 Å². The molecular weight excluding hydrogens is 404 g/mol. The highest BCUT2D eigenvalue weighted by Gasteiger charge is 2.27. The SMILES string of the molecule is Cl.c1ccc(CN2CCC(N3CCN(Cc4ccnc5ccccc45)CC3)CC2)cc1. The molecule has 2 aliphatic heterocycles. The van der Waals surface area contributed by atoms with Crippen LogP contribution in [0, 0.1) is 0 Å². The molecule has 2 aromatic carbocycles. The summed E-state index contributed by atoms with van der Waals surface area (Å²) in [6.07, 6.45) is 4.57. The van der Waals surface area contributed by atoms with Gasteiger partial charge in [-0.15, -0.1) is 12.4 Å². The lowest BCUT2D eigenvalue weighted by Gasteiger charge is -2.43. The molecule has 2 fully saturated rings. The fourth-order valence-electron chi connectivity index (χ4n) is 5.10. The van der Waals surface area contributed by atoms with E-state index in [1.807, 2.05) is 6.20 Å². The van der Waals surface area contributed by atoms with Crippen molar-refractivity contribution in [3.8, 4) is 0 Å². The summed E-state index contributed by atoms with van der Waals surface area (Å²) in [5, 5.41) is 1.30. The summed E-state index contributed by atoms with van der Waals surface area (Å²) in [5.74, 6) is 0. The third-order valence-electron chi connectivity index (χ3n) is 6.86. The minimum atomic E-state index is 0. The predicted molar refractivity (Wildman–Crippen MR) is 131 cm³/mol. The van der Waals surface area contributed by atoms with Gasteiger partial charge < -0.3 is 0 Å². The van der Waals surface area contributed by atoms with Crippen LogP contribution in [0.5, 0.6) is 0 Å². The second-order valence-electron chi connectivity index (χ2n) is 8.79. The Morgan fingerprint density at radius 3 is 2.16 bits per heavy atom. The van der Waals surface area contributed by atoms with Crippen molar-refractivity contribution in [3.63, 3.8) is 0 Å². The topological polar surface area (TPSA) is 22.6 Å². The van der Waals surface area contributed by atoms with Crippen molar-refractivity contribution in [1.29, 1.82) is 0 Å². The van der Waals surface area contributed by atoms with E-state index in [-0.39, 0.29) is 12.4 Å². The van der Waals surface area contributed by atoms with Gasteiger partial charge in [0.15, 0.2) is 0 Å². The molecule has 3 aromatic rings. The number of likely N-dealkylation sites (tertiary alicyclic amines) is 1. The van der Waals surface area contributed by atoms with Crippen molar-refractivity contribution in [2.75, 3.05) is 39.3 Å². The van der Waals surface area contributed by atoms with Crippen LogP contribution in [0.2, 0.25) is 0 Å². The number of fused-ring (bicyclic) bond motifs is 1. The normalized spacial score (nSPS) is 19.4. The Bertz CT molecular complexity index is 943. The van der Waals surface area contributed by atoms with Gasteiger partial charge >= 0.3 is 0 Å². The zero-order valence-corrected chi connectivity index (χ0v) is 19.0. The molecule has 5 rings (SSSR count). The van der Waals surface area contributed by atoms with Crippen molar-refractivity contribution >= 4 is 23.3 Å². The number of rotatable bonds is 5. The van der Waals surface area contributed by atoms with Crippen LogP contribution >= 0.6 is 12.4 Å². The minimum absolute atomic E-state index is 0. The minimum Gasteiger partial charge on any atom is -0.299 e. The molecule has 31 heavy (non-hydrogen) atoms. The van der Waals surface area contributed by atoms with E-state index in [0.29, 0.717) is 0 Å². The van der Waals surface area contributed by atoms with Crippen LogP contribution in [0.15, 0.2) is 66.9 Å². The van der Waals surface area contributed by atoms with Crippen LogP contribution in [0.25, 0.3) is 10.9 Å². The van der Waals surface area contributed by atoms with E-state index < -0.39 is 0 Å². The van der Waals surface area contributed by atoms with Gasteiger partial charge in [-0.3, -0.25) is 19.7 Å². The Balaban J connectivity index is 0.00000231.